The number of hydrogen-bond donors (Lipinski definition) is 2. The van der Waals surface area contributed by atoms with E-state index in [-0.39, 0.29) is 17.3 Å². The predicted octanol–water partition coefficient (Wildman–Crippen LogP) is 5.56. The van der Waals surface area contributed by atoms with Gasteiger partial charge in [0.2, 0.25) is 5.91 Å². The zero-order valence-electron chi connectivity index (χ0n) is 16.0. The maximum atomic E-state index is 12.0. The Morgan fingerprint density at radius 3 is 2.33 bits per heavy atom. The van der Waals surface area contributed by atoms with Crippen molar-refractivity contribution in [2.45, 2.75) is 38.4 Å². The normalized spacial score (nSPS) is 12.6. The van der Waals surface area contributed by atoms with Crippen LogP contribution in [0.5, 0.6) is 0 Å². The number of nitrogens with zero attached hydrogens (tertiary/aromatic N) is 1. The fourth-order valence-electron chi connectivity index (χ4n) is 2.89. The summed E-state index contributed by atoms with van der Waals surface area (Å²) in [5.74, 6) is 0.379. The Hall–Kier alpha value is -2.53. The van der Waals surface area contributed by atoms with Crippen LogP contribution in [0.15, 0.2) is 59.0 Å². The summed E-state index contributed by atoms with van der Waals surface area (Å²) in [6, 6.07) is 18.1. The molecule has 1 N–H and O–H groups in total. The zero-order valence-corrected chi connectivity index (χ0v) is 16.9. The minimum absolute atomic E-state index is 0.0630. The molecule has 0 aliphatic carbocycles. The van der Waals surface area contributed by atoms with Gasteiger partial charge in [0, 0.05) is 11.1 Å². The molecule has 1 aromatic heterocycles. The van der Waals surface area contributed by atoms with Crippen LogP contribution < -0.4 is 5.32 Å². The summed E-state index contributed by atoms with van der Waals surface area (Å²) >= 11 is 4.17. The molecular weight excluding hydrogens is 356 g/mol. The van der Waals surface area contributed by atoms with Crippen molar-refractivity contribution in [3.8, 4) is 22.6 Å². The number of nitrogens with one attached hydrogen (secondary N) is 1. The molecule has 0 bridgehead atoms. The second kappa shape index (κ2) is 7.61. The standard InChI is InChI=1S/C22H24N2O2S/c1-14(27)20(25)24-21-23-18(19(26-21)15-10-6-5-7-11-15)16-12-8-9-13-17(16)22(2,3)4/h5-14,27H,1-4H3,(H,23,24,25). The maximum Gasteiger partial charge on any atom is 0.302 e. The van der Waals surface area contributed by atoms with Gasteiger partial charge in [-0.2, -0.15) is 17.6 Å². The molecule has 4 nitrogen and oxygen atoms in total. The molecular formula is C22H24N2O2S. The minimum Gasteiger partial charge on any atom is -0.423 e. The molecule has 1 amide bonds. The van der Waals surface area contributed by atoms with Crippen molar-refractivity contribution in [2.24, 2.45) is 0 Å². The quantitative estimate of drug-likeness (QED) is 0.582. The monoisotopic (exact) mass is 380 g/mol. The van der Waals surface area contributed by atoms with Crippen LogP contribution >= 0.6 is 12.6 Å². The van der Waals surface area contributed by atoms with E-state index in [0.29, 0.717) is 11.5 Å². The molecule has 5 heteroatoms. The van der Waals surface area contributed by atoms with Crippen molar-refractivity contribution in [3.05, 3.63) is 60.2 Å². The first-order chi connectivity index (χ1) is 12.8. The van der Waals surface area contributed by atoms with Crippen molar-refractivity contribution < 1.29 is 9.21 Å². The smallest absolute Gasteiger partial charge is 0.302 e. The lowest BCUT2D eigenvalue weighted by Crippen LogP contribution is -2.20. The minimum atomic E-state index is -0.456. The Kier molecular flexibility index (Phi) is 5.42. The predicted molar refractivity (Wildman–Crippen MR) is 113 cm³/mol. The molecule has 2 aromatic carbocycles. The lowest BCUT2D eigenvalue weighted by atomic mass is 9.82. The molecule has 3 rings (SSSR count). The summed E-state index contributed by atoms with van der Waals surface area (Å²) < 4.78 is 5.97. The molecule has 0 radical (unpaired) electrons. The van der Waals surface area contributed by atoms with E-state index in [1.807, 2.05) is 48.5 Å². The molecule has 3 aromatic rings. The summed E-state index contributed by atoms with van der Waals surface area (Å²) in [5.41, 5.74) is 3.71. The van der Waals surface area contributed by atoms with E-state index in [2.05, 4.69) is 49.8 Å². The van der Waals surface area contributed by atoms with E-state index >= 15 is 0 Å². The molecule has 1 atom stereocenters. The van der Waals surface area contributed by atoms with Crippen LogP contribution in [0.25, 0.3) is 22.6 Å². The van der Waals surface area contributed by atoms with E-state index in [1.54, 1.807) is 6.92 Å². The molecule has 140 valence electrons. The highest BCUT2D eigenvalue weighted by molar-refractivity contribution is 7.81. The van der Waals surface area contributed by atoms with Gasteiger partial charge in [0.05, 0.1) is 5.25 Å². The first kappa shape index (κ1) is 19.2. The first-order valence-corrected chi connectivity index (χ1v) is 9.44. The summed E-state index contributed by atoms with van der Waals surface area (Å²) in [6.07, 6.45) is 0. The van der Waals surface area contributed by atoms with Crippen molar-refractivity contribution in [2.75, 3.05) is 5.32 Å². The highest BCUT2D eigenvalue weighted by atomic mass is 32.1. The van der Waals surface area contributed by atoms with Gasteiger partial charge < -0.3 is 4.42 Å². The number of benzene rings is 2. The van der Waals surface area contributed by atoms with Crippen molar-refractivity contribution >= 4 is 24.6 Å². The van der Waals surface area contributed by atoms with Crippen LogP contribution in [0.1, 0.15) is 33.3 Å². The fourth-order valence-corrected chi connectivity index (χ4v) is 2.96. The lowest BCUT2D eigenvalue weighted by molar-refractivity contribution is -0.115. The summed E-state index contributed by atoms with van der Waals surface area (Å²) in [5, 5.41) is 2.25. The number of oxazole rings is 1. The highest BCUT2D eigenvalue weighted by Crippen LogP contribution is 2.39. The number of aromatic nitrogens is 1. The highest BCUT2D eigenvalue weighted by Gasteiger charge is 2.25. The zero-order chi connectivity index (χ0) is 19.6. The van der Waals surface area contributed by atoms with Gasteiger partial charge in [-0.1, -0.05) is 75.4 Å². The summed E-state index contributed by atoms with van der Waals surface area (Å²) in [7, 11) is 0. The Bertz CT molecular complexity index is 940. The van der Waals surface area contributed by atoms with Gasteiger partial charge in [0.25, 0.3) is 0 Å². The maximum absolute atomic E-state index is 12.0. The molecule has 0 aliphatic rings. The number of rotatable bonds is 4. The Morgan fingerprint density at radius 1 is 1.07 bits per heavy atom. The van der Waals surface area contributed by atoms with Crippen LogP contribution in [0.2, 0.25) is 0 Å². The first-order valence-electron chi connectivity index (χ1n) is 8.92. The Morgan fingerprint density at radius 2 is 1.70 bits per heavy atom. The van der Waals surface area contributed by atoms with E-state index in [1.165, 1.54) is 0 Å². The number of carbonyl (C=O) groups is 1. The third-order valence-corrected chi connectivity index (χ3v) is 4.50. The number of anilines is 1. The van der Waals surface area contributed by atoms with Crippen LogP contribution in [0, 0.1) is 0 Å². The third-order valence-electron chi connectivity index (χ3n) is 4.26. The van der Waals surface area contributed by atoms with Gasteiger partial charge >= 0.3 is 6.01 Å². The summed E-state index contributed by atoms with van der Waals surface area (Å²) in [6.45, 7) is 8.20. The molecule has 0 saturated heterocycles. The number of amides is 1. The second-order valence-electron chi connectivity index (χ2n) is 7.52. The number of carbonyl (C=O) groups excluding carboxylic acids is 1. The van der Waals surface area contributed by atoms with Crippen molar-refractivity contribution in [1.82, 2.24) is 4.98 Å². The van der Waals surface area contributed by atoms with Crippen LogP contribution in [-0.4, -0.2) is 16.1 Å². The van der Waals surface area contributed by atoms with Crippen molar-refractivity contribution in [1.29, 1.82) is 0 Å². The number of hydrogen-bond acceptors (Lipinski definition) is 4. The SMILES string of the molecule is CC(S)C(=O)Nc1nc(-c2ccccc2C(C)(C)C)c(-c2ccccc2)o1. The van der Waals surface area contributed by atoms with Gasteiger partial charge in [0.15, 0.2) is 5.76 Å². The van der Waals surface area contributed by atoms with E-state index in [4.69, 9.17) is 4.42 Å². The topological polar surface area (TPSA) is 55.1 Å². The molecule has 0 aliphatic heterocycles. The molecule has 1 unspecified atom stereocenters. The third kappa shape index (κ3) is 4.25. The Labute approximate surface area is 165 Å². The summed E-state index contributed by atoms with van der Waals surface area (Å²) in [4.78, 5) is 16.7. The van der Waals surface area contributed by atoms with Gasteiger partial charge in [0.1, 0.15) is 5.69 Å². The Balaban J connectivity index is 2.17. The number of thiol groups is 1. The van der Waals surface area contributed by atoms with E-state index < -0.39 is 5.25 Å². The van der Waals surface area contributed by atoms with Gasteiger partial charge in [-0.25, -0.2) is 0 Å². The van der Waals surface area contributed by atoms with Crippen LogP contribution in [-0.2, 0) is 10.2 Å². The van der Waals surface area contributed by atoms with Crippen LogP contribution in [0.3, 0.4) is 0 Å². The van der Waals surface area contributed by atoms with Crippen molar-refractivity contribution in [3.63, 3.8) is 0 Å². The van der Waals surface area contributed by atoms with Crippen LogP contribution in [0.4, 0.5) is 6.01 Å². The van der Waals surface area contributed by atoms with Gasteiger partial charge in [-0.05, 0) is 17.9 Å². The molecule has 0 saturated carbocycles. The molecule has 1 heterocycles. The van der Waals surface area contributed by atoms with Gasteiger partial charge in [-0.15, -0.1) is 0 Å². The average Bonchev–Trinajstić information content (AvgIpc) is 3.05. The van der Waals surface area contributed by atoms with E-state index in [9.17, 15) is 4.79 Å². The largest absolute Gasteiger partial charge is 0.423 e. The second-order valence-corrected chi connectivity index (χ2v) is 8.30. The van der Waals surface area contributed by atoms with E-state index in [0.717, 1.165) is 16.7 Å². The molecule has 0 fully saturated rings. The fraction of sp³-hybridized carbons (Fsp3) is 0.273. The lowest BCUT2D eigenvalue weighted by Gasteiger charge is -2.22. The molecule has 27 heavy (non-hydrogen) atoms. The molecule has 0 spiro atoms. The van der Waals surface area contributed by atoms with Gasteiger partial charge in [-0.3, -0.25) is 10.1 Å². The average molecular weight is 381 g/mol.